The quantitative estimate of drug-likeness (QED) is 0.587. The van der Waals surface area contributed by atoms with Gasteiger partial charge in [-0.15, -0.1) is 0 Å². The normalized spacial score (nSPS) is 11.9. The summed E-state index contributed by atoms with van der Waals surface area (Å²) in [6, 6.07) is 4.72. The van der Waals surface area contributed by atoms with E-state index in [2.05, 4.69) is 4.98 Å². The lowest BCUT2D eigenvalue weighted by Crippen LogP contribution is -2.28. The van der Waals surface area contributed by atoms with Gasteiger partial charge in [0.25, 0.3) is 10.1 Å². The van der Waals surface area contributed by atoms with Crippen molar-refractivity contribution in [1.29, 1.82) is 0 Å². The lowest BCUT2D eigenvalue weighted by Gasteiger charge is -1.99. The molecule has 0 spiro atoms. The van der Waals surface area contributed by atoms with E-state index in [9.17, 15) is 8.42 Å². The molecule has 0 aliphatic heterocycles. The Bertz CT molecular complexity index is 665. The number of rotatable bonds is 1. The van der Waals surface area contributed by atoms with Gasteiger partial charge in [0, 0.05) is 19.1 Å². The van der Waals surface area contributed by atoms with Crippen LogP contribution in [-0.2, 0) is 10.1 Å². The first-order valence-corrected chi connectivity index (χ1v) is 6.09. The van der Waals surface area contributed by atoms with E-state index in [-0.39, 0.29) is 4.90 Å². The van der Waals surface area contributed by atoms with Crippen LogP contribution in [0, 0.1) is 13.8 Å². The maximum atomic E-state index is 11.0. The molecule has 16 heavy (non-hydrogen) atoms. The van der Waals surface area contributed by atoms with Gasteiger partial charge in [0.05, 0.1) is 0 Å². The Balaban J connectivity index is 2.82. The van der Waals surface area contributed by atoms with Crippen LogP contribution in [0.5, 0.6) is 0 Å². The van der Waals surface area contributed by atoms with Gasteiger partial charge in [-0.2, -0.15) is 12.8 Å². The van der Waals surface area contributed by atoms with Crippen molar-refractivity contribution < 1.29 is 17.4 Å². The highest BCUT2D eigenvalue weighted by Gasteiger charge is 2.15. The molecule has 6 heteroatoms. The molecule has 0 aliphatic carbocycles. The summed E-state index contributed by atoms with van der Waals surface area (Å²) in [6.07, 6.45) is 1.35. The zero-order chi connectivity index (χ0) is 11.9. The van der Waals surface area contributed by atoms with Crippen molar-refractivity contribution >= 4 is 15.8 Å². The smallest absolute Gasteiger partial charge is 0.282 e. The number of hydrogen-bond acceptors (Lipinski definition) is 3. The Morgan fingerprint density at radius 3 is 2.62 bits per heavy atom. The van der Waals surface area contributed by atoms with Crippen LogP contribution in [0.4, 0.5) is 0 Å². The minimum absolute atomic E-state index is 0.140. The number of hydrogen-bond donors (Lipinski definition) is 1. The molecule has 2 aromatic heterocycles. The van der Waals surface area contributed by atoms with E-state index in [0.717, 1.165) is 11.4 Å². The average molecular weight is 239 g/mol. The molecule has 0 amide bonds. The van der Waals surface area contributed by atoms with Crippen LogP contribution in [0.15, 0.2) is 29.3 Å². The maximum absolute atomic E-state index is 11.0. The molecule has 2 aromatic rings. The van der Waals surface area contributed by atoms with Crippen LogP contribution in [0.2, 0.25) is 0 Å². The SMILES string of the molecule is Cc1cc(C)[n+]2cc(S(=O)(=O)O)ccc2n1. The Hall–Kier alpha value is -1.53. The molecule has 0 radical (unpaired) electrons. The fourth-order valence-corrected chi connectivity index (χ4v) is 2.06. The molecule has 0 unspecified atom stereocenters. The van der Waals surface area contributed by atoms with Gasteiger partial charge in [-0.25, -0.2) is 0 Å². The van der Waals surface area contributed by atoms with Crippen molar-refractivity contribution in [3.05, 3.63) is 35.8 Å². The Labute approximate surface area is 93.1 Å². The second-order valence-corrected chi connectivity index (χ2v) is 5.03. The average Bonchev–Trinajstić information content (AvgIpc) is 2.15. The standard InChI is InChI=1S/C10H10N2O3S/c1-7-5-8(2)12-6-9(16(13,14)15)3-4-10(12)11-7/h3-6H,1-2H3/p+1. The molecule has 0 aromatic carbocycles. The van der Waals surface area contributed by atoms with Crippen LogP contribution in [0.1, 0.15) is 11.4 Å². The predicted octanol–water partition coefficient (Wildman–Crippen LogP) is 0.684. The Morgan fingerprint density at radius 1 is 1.31 bits per heavy atom. The molecular formula is C10H11N2O3S+. The highest BCUT2D eigenvalue weighted by molar-refractivity contribution is 7.85. The number of fused-ring (bicyclic) bond motifs is 1. The molecule has 0 aliphatic rings. The van der Waals surface area contributed by atoms with Crippen molar-refractivity contribution in [2.24, 2.45) is 0 Å². The summed E-state index contributed by atoms with van der Waals surface area (Å²) in [4.78, 5) is 4.11. The van der Waals surface area contributed by atoms with Gasteiger partial charge in [0.2, 0.25) is 0 Å². The van der Waals surface area contributed by atoms with Crippen molar-refractivity contribution in [3.63, 3.8) is 0 Å². The van der Waals surface area contributed by atoms with Crippen molar-refractivity contribution in [3.8, 4) is 0 Å². The minimum Gasteiger partial charge on any atom is -0.282 e. The molecule has 1 N–H and O–H groups in total. The number of nitrogens with zero attached hydrogens (tertiary/aromatic N) is 2. The molecule has 0 atom stereocenters. The molecule has 2 heterocycles. The number of aromatic nitrogens is 2. The van der Waals surface area contributed by atoms with Crippen molar-refractivity contribution in [2.75, 3.05) is 0 Å². The summed E-state index contributed by atoms with van der Waals surface area (Å²) in [5, 5.41) is 0. The molecule has 0 saturated heterocycles. The maximum Gasteiger partial charge on any atom is 0.328 e. The van der Waals surface area contributed by atoms with E-state index >= 15 is 0 Å². The van der Waals surface area contributed by atoms with E-state index in [4.69, 9.17) is 4.55 Å². The summed E-state index contributed by atoms with van der Waals surface area (Å²) in [6.45, 7) is 3.71. The Morgan fingerprint density at radius 2 is 2.00 bits per heavy atom. The van der Waals surface area contributed by atoms with Gasteiger partial charge < -0.3 is 0 Å². The summed E-state index contributed by atoms with van der Waals surface area (Å²) in [5.41, 5.74) is 2.36. The van der Waals surface area contributed by atoms with Crippen LogP contribution in [0.3, 0.4) is 0 Å². The van der Waals surface area contributed by atoms with E-state index in [1.807, 2.05) is 19.9 Å². The van der Waals surface area contributed by atoms with Gasteiger partial charge in [-0.1, -0.05) is 0 Å². The largest absolute Gasteiger partial charge is 0.328 e. The van der Waals surface area contributed by atoms with Gasteiger partial charge in [0.15, 0.2) is 5.69 Å². The molecule has 84 valence electrons. The monoisotopic (exact) mass is 239 g/mol. The molecule has 5 nitrogen and oxygen atoms in total. The molecule has 2 rings (SSSR count). The van der Waals surface area contributed by atoms with Crippen LogP contribution in [0.25, 0.3) is 5.65 Å². The fourth-order valence-electron chi connectivity index (χ4n) is 1.58. The van der Waals surface area contributed by atoms with E-state index in [1.165, 1.54) is 12.3 Å². The van der Waals surface area contributed by atoms with Crippen molar-refractivity contribution in [2.45, 2.75) is 18.7 Å². The van der Waals surface area contributed by atoms with Crippen molar-refractivity contribution in [1.82, 2.24) is 4.98 Å². The van der Waals surface area contributed by atoms with Gasteiger partial charge in [-0.05, 0) is 18.0 Å². The highest BCUT2D eigenvalue weighted by Crippen LogP contribution is 2.07. The zero-order valence-corrected chi connectivity index (χ0v) is 9.69. The lowest BCUT2D eigenvalue weighted by molar-refractivity contribution is -0.525. The molecule has 0 saturated carbocycles. The van der Waals surface area contributed by atoms with Crippen LogP contribution in [-0.4, -0.2) is 18.0 Å². The topological polar surface area (TPSA) is 71.4 Å². The third-order valence-corrected chi connectivity index (χ3v) is 3.12. The lowest BCUT2D eigenvalue weighted by atomic mass is 10.3. The third kappa shape index (κ3) is 1.89. The van der Waals surface area contributed by atoms with Gasteiger partial charge in [0.1, 0.15) is 16.8 Å². The molecule has 0 bridgehead atoms. The first-order valence-electron chi connectivity index (χ1n) is 4.65. The second kappa shape index (κ2) is 3.50. The van der Waals surface area contributed by atoms with Crippen LogP contribution < -0.4 is 4.40 Å². The number of pyridine rings is 1. The predicted molar refractivity (Wildman–Crippen MR) is 56.7 cm³/mol. The van der Waals surface area contributed by atoms with E-state index < -0.39 is 10.1 Å². The summed E-state index contributed by atoms with van der Waals surface area (Å²) >= 11 is 0. The third-order valence-electron chi connectivity index (χ3n) is 2.29. The fraction of sp³-hybridized carbons (Fsp3) is 0.200. The zero-order valence-electron chi connectivity index (χ0n) is 8.88. The molecule has 0 fully saturated rings. The second-order valence-electron chi connectivity index (χ2n) is 3.61. The Kier molecular flexibility index (Phi) is 2.40. The van der Waals surface area contributed by atoms with Gasteiger partial charge in [-0.3, -0.25) is 4.55 Å². The van der Waals surface area contributed by atoms with E-state index in [0.29, 0.717) is 5.65 Å². The number of aryl methyl sites for hydroxylation is 2. The first-order chi connectivity index (χ1) is 7.38. The van der Waals surface area contributed by atoms with E-state index in [1.54, 1.807) is 10.5 Å². The first kappa shape index (κ1) is 11.0. The summed E-state index contributed by atoms with van der Waals surface area (Å²) < 4.78 is 32.5. The highest BCUT2D eigenvalue weighted by atomic mass is 32.2. The summed E-state index contributed by atoms with van der Waals surface area (Å²) in [5.74, 6) is 0. The van der Waals surface area contributed by atoms with Gasteiger partial charge >= 0.3 is 5.65 Å². The summed E-state index contributed by atoms with van der Waals surface area (Å²) in [7, 11) is -4.17. The minimum atomic E-state index is -4.17. The molecular weight excluding hydrogens is 228 g/mol. The van der Waals surface area contributed by atoms with Crippen LogP contribution >= 0.6 is 0 Å².